The number of alkyl carbamates (subject to hydrolysis) is 1. The van der Waals surface area contributed by atoms with Gasteiger partial charge >= 0.3 is 6.09 Å². The number of carbonyl (C=O) groups excluding carboxylic acids is 1. The molecular formula is C19H30FIN4O2. The van der Waals surface area contributed by atoms with Gasteiger partial charge in [-0.3, -0.25) is 4.99 Å². The second-order valence-corrected chi connectivity index (χ2v) is 7.56. The van der Waals surface area contributed by atoms with Gasteiger partial charge in [-0.25, -0.2) is 9.18 Å². The Balaban J connectivity index is 0.00000364. The third kappa shape index (κ3) is 7.51. The van der Waals surface area contributed by atoms with Crippen LogP contribution in [0, 0.1) is 12.7 Å². The number of benzene rings is 1. The summed E-state index contributed by atoms with van der Waals surface area (Å²) < 4.78 is 18.7. The number of amides is 1. The molecule has 0 aliphatic carbocycles. The summed E-state index contributed by atoms with van der Waals surface area (Å²) in [5.74, 6) is 0.564. The van der Waals surface area contributed by atoms with Crippen LogP contribution in [0.25, 0.3) is 0 Å². The maximum Gasteiger partial charge on any atom is 0.407 e. The summed E-state index contributed by atoms with van der Waals surface area (Å²) in [6.45, 7) is 9.31. The third-order valence-electron chi connectivity index (χ3n) is 4.09. The predicted octanol–water partition coefficient (Wildman–Crippen LogP) is 3.43. The molecule has 6 nitrogen and oxygen atoms in total. The maximum atomic E-state index is 13.4. The molecule has 0 spiro atoms. The number of nitrogens with zero attached hydrogens (tertiary/aromatic N) is 2. The Bertz CT molecular complexity index is 676. The fourth-order valence-electron chi connectivity index (χ4n) is 2.87. The summed E-state index contributed by atoms with van der Waals surface area (Å²) >= 11 is 0. The van der Waals surface area contributed by atoms with Crippen molar-refractivity contribution >= 4 is 36.0 Å². The maximum absolute atomic E-state index is 13.4. The van der Waals surface area contributed by atoms with Crippen molar-refractivity contribution in [1.29, 1.82) is 0 Å². The molecule has 1 amide bonds. The van der Waals surface area contributed by atoms with Crippen LogP contribution in [0.3, 0.4) is 0 Å². The number of halogens is 2. The molecule has 1 atom stereocenters. The molecule has 1 unspecified atom stereocenters. The van der Waals surface area contributed by atoms with Crippen LogP contribution >= 0.6 is 24.0 Å². The van der Waals surface area contributed by atoms with Crippen molar-refractivity contribution in [3.05, 3.63) is 35.1 Å². The Kier molecular flexibility index (Phi) is 8.77. The molecule has 1 saturated heterocycles. The zero-order valence-electron chi connectivity index (χ0n) is 16.6. The van der Waals surface area contributed by atoms with Gasteiger partial charge in [-0.1, -0.05) is 12.1 Å². The highest BCUT2D eigenvalue weighted by Gasteiger charge is 2.27. The summed E-state index contributed by atoms with van der Waals surface area (Å²) in [7, 11) is 1.73. The summed E-state index contributed by atoms with van der Waals surface area (Å²) in [5, 5.41) is 6.20. The van der Waals surface area contributed by atoms with Crippen LogP contribution < -0.4 is 10.6 Å². The lowest BCUT2D eigenvalue weighted by Gasteiger charge is -2.23. The minimum absolute atomic E-state index is 0. The van der Waals surface area contributed by atoms with E-state index in [0.29, 0.717) is 18.7 Å². The van der Waals surface area contributed by atoms with Crippen molar-refractivity contribution < 1.29 is 13.9 Å². The fourth-order valence-corrected chi connectivity index (χ4v) is 2.87. The van der Waals surface area contributed by atoms with E-state index in [4.69, 9.17) is 4.74 Å². The van der Waals surface area contributed by atoms with Gasteiger partial charge in [0.25, 0.3) is 0 Å². The quantitative estimate of drug-likeness (QED) is 0.386. The molecule has 1 aliphatic heterocycles. The number of likely N-dealkylation sites (tertiary alicyclic amines) is 1. The summed E-state index contributed by atoms with van der Waals surface area (Å²) in [4.78, 5) is 18.3. The number of aryl methyl sites for hydroxylation is 1. The molecule has 8 heteroatoms. The molecule has 2 N–H and O–H groups in total. The van der Waals surface area contributed by atoms with E-state index < -0.39 is 11.7 Å². The number of carbonyl (C=O) groups is 1. The molecule has 0 radical (unpaired) electrons. The number of guanidine groups is 1. The number of nitrogens with one attached hydrogen (secondary N) is 2. The van der Waals surface area contributed by atoms with E-state index in [1.165, 1.54) is 6.07 Å². The number of hydrogen-bond acceptors (Lipinski definition) is 3. The van der Waals surface area contributed by atoms with Gasteiger partial charge in [0, 0.05) is 26.7 Å². The average Bonchev–Trinajstić information content (AvgIpc) is 2.97. The number of hydrogen-bond donors (Lipinski definition) is 2. The van der Waals surface area contributed by atoms with E-state index in [9.17, 15) is 9.18 Å². The predicted molar refractivity (Wildman–Crippen MR) is 116 cm³/mol. The molecule has 1 heterocycles. The highest BCUT2D eigenvalue weighted by Crippen LogP contribution is 2.13. The Morgan fingerprint density at radius 2 is 2.11 bits per heavy atom. The van der Waals surface area contributed by atoms with Gasteiger partial charge in [0.15, 0.2) is 5.96 Å². The van der Waals surface area contributed by atoms with E-state index in [1.807, 2.05) is 26.8 Å². The molecule has 1 aromatic carbocycles. The van der Waals surface area contributed by atoms with Crippen LogP contribution in [0.4, 0.5) is 9.18 Å². The lowest BCUT2D eigenvalue weighted by molar-refractivity contribution is 0.0507. The summed E-state index contributed by atoms with van der Waals surface area (Å²) in [6.07, 6.45) is 0.435. The van der Waals surface area contributed by atoms with Crippen molar-refractivity contribution in [2.24, 2.45) is 4.99 Å². The van der Waals surface area contributed by atoms with Crippen molar-refractivity contribution in [3.8, 4) is 0 Å². The Morgan fingerprint density at radius 1 is 1.41 bits per heavy atom. The molecule has 1 aromatic rings. The monoisotopic (exact) mass is 492 g/mol. The highest BCUT2D eigenvalue weighted by atomic mass is 127. The van der Waals surface area contributed by atoms with Crippen LogP contribution in [0.5, 0.6) is 0 Å². The number of rotatable bonds is 3. The second kappa shape index (κ2) is 10.1. The van der Waals surface area contributed by atoms with Gasteiger partial charge in [0.2, 0.25) is 0 Å². The van der Waals surface area contributed by atoms with E-state index in [0.717, 1.165) is 24.5 Å². The van der Waals surface area contributed by atoms with Gasteiger partial charge in [-0.05, 0) is 51.3 Å². The molecule has 0 bridgehead atoms. The van der Waals surface area contributed by atoms with Crippen LogP contribution in [0.15, 0.2) is 23.2 Å². The van der Waals surface area contributed by atoms with Crippen molar-refractivity contribution in [2.75, 3.05) is 20.1 Å². The highest BCUT2D eigenvalue weighted by molar-refractivity contribution is 14.0. The van der Waals surface area contributed by atoms with Gasteiger partial charge in [0.05, 0.1) is 6.04 Å². The molecule has 0 aromatic heterocycles. The van der Waals surface area contributed by atoms with E-state index in [1.54, 1.807) is 20.0 Å². The van der Waals surface area contributed by atoms with Crippen molar-refractivity contribution in [1.82, 2.24) is 15.5 Å². The van der Waals surface area contributed by atoms with Crippen molar-refractivity contribution in [3.63, 3.8) is 0 Å². The molecule has 1 fully saturated rings. The smallest absolute Gasteiger partial charge is 0.407 e. The molecule has 2 rings (SSSR count). The van der Waals surface area contributed by atoms with Gasteiger partial charge in [-0.2, -0.15) is 0 Å². The number of ether oxygens (including phenoxy) is 1. The Hall–Kier alpha value is -1.58. The first-order valence-electron chi connectivity index (χ1n) is 8.88. The zero-order valence-corrected chi connectivity index (χ0v) is 19.0. The first-order valence-corrected chi connectivity index (χ1v) is 8.88. The lowest BCUT2D eigenvalue weighted by Crippen LogP contribution is -2.44. The molecular weight excluding hydrogens is 462 g/mol. The molecule has 27 heavy (non-hydrogen) atoms. The normalized spacial score (nSPS) is 17.3. The molecule has 0 saturated carbocycles. The Morgan fingerprint density at radius 3 is 2.70 bits per heavy atom. The van der Waals surface area contributed by atoms with Crippen LogP contribution in [-0.2, 0) is 11.3 Å². The Labute approximate surface area is 178 Å². The van der Waals surface area contributed by atoms with E-state index in [2.05, 4.69) is 20.5 Å². The van der Waals surface area contributed by atoms with Crippen LogP contribution in [-0.4, -0.2) is 48.7 Å². The van der Waals surface area contributed by atoms with E-state index in [-0.39, 0.29) is 35.8 Å². The minimum atomic E-state index is -0.507. The third-order valence-corrected chi connectivity index (χ3v) is 4.09. The number of aliphatic imine (C=N–C) groups is 1. The van der Waals surface area contributed by atoms with E-state index >= 15 is 0 Å². The van der Waals surface area contributed by atoms with Crippen LogP contribution in [0.2, 0.25) is 0 Å². The summed E-state index contributed by atoms with van der Waals surface area (Å²) in [5.41, 5.74) is 1.11. The summed E-state index contributed by atoms with van der Waals surface area (Å²) in [6, 6.07) is 5.09. The molecule has 152 valence electrons. The average molecular weight is 492 g/mol. The largest absolute Gasteiger partial charge is 0.444 e. The van der Waals surface area contributed by atoms with Gasteiger partial charge < -0.3 is 20.3 Å². The topological polar surface area (TPSA) is 66.0 Å². The zero-order chi connectivity index (χ0) is 19.3. The second-order valence-electron chi connectivity index (χ2n) is 7.56. The van der Waals surface area contributed by atoms with Gasteiger partial charge in [-0.15, -0.1) is 24.0 Å². The van der Waals surface area contributed by atoms with Crippen LogP contribution in [0.1, 0.15) is 38.3 Å². The first kappa shape index (κ1) is 23.5. The van der Waals surface area contributed by atoms with Gasteiger partial charge in [0.1, 0.15) is 11.4 Å². The SMILES string of the molecule is CN=C(NCc1ccc(F)c(C)c1)N1CCC(NC(=O)OC(C)(C)C)C1.I. The fraction of sp³-hybridized carbons (Fsp3) is 0.579. The standard InChI is InChI=1S/C19H29FN4O2.HI/c1-13-10-14(6-7-16(13)20)11-22-17(21-5)24-9-8-15(12-24)23-18(25)26-19(2,3)4;/h6-7,10,15H,8-9,11-12H2,1-5H3,(H,21,22)(H,23,25);1H. The minimum Gasteiger partial charge on any atom is -0.444 e. The van der Waals surface area contributed by atoms with Crippen molar-refractivity contribution in [2.45, 2.75) is 52.3 Å². The lowest BCUT2D eigenvalue weighted by atomic mass is 10.1. The molecule has 1 aliphatic rings. The first-order chi connectivity index (χ1) is 12.2.